The standard InChI is InChI=1S/C15H20N2OS/c1-11(10-19-2)8-17-15(18)7-12-9-16-14-6-4-3-5-13(12)14/h3-6,9,11,16H,7-8,10H2,1-2H3,(H,17,18). The molecule has 3 nitrogen and oxygen atoms in total. The zero-order chi connectivity index (χ0) is 13.7. The molecule has 2 rings (SSSR count). The third kappa shape index (κ3) is 3.77. The highest BCUT2D eigenvalue weighted by molar-refractivity contribution is 7.98. The van der Waals surface area contributed by atoms with E-state index in [0.717, 1.165) is 28.8 Å². The molecule has 1 heterocycles. The van der Waals surface area contributed by atoms with Crippen molar-refractivity contribution in [3.05, 3.63) is 36.0 Å². The molecule has 0 bridgehead atoms. The number of aromatic nitrogens is 1. The number of aromatic amines is 1. The molecule has 1 amide bonds. The molecule has 1 atom stereocenters. The van der Waals surface area contributed by atoms with E-state index >= 15 is 0 Å². The Morgan fingerprint density at radius 2 is 2.21 bits per heavy atom. The molecule has 0 saturated heterocycles. The number of hydrogen-bond donors (Lipinski definition) is 2. The van der Waals surface area contributed by atoms with Crippen LogP contribution in [0, 0.1) is 5.92 Å². The van der Waals surface area contributed by atoms with Crippen molar-refractivity contribution in [3.8, 4) is 0 Å². The van der Waals surface area contributed by atoms with Crippen LogP contribution in [-0.2, 0) is 11.2 Å². The first-order chi connectivity index (χ1) is 9.20. The number of para-hydroxylation sites is 1. The van der Waals surface area contributed by atoms with E-state index in [1.54, 1.807) is 0 Å². The normalized spacial score (nSPS) is 12.5. The summed E-state index contributed by atoms with van der Waals surface area (Å²) in [5, 5.41) is 4.14. The zero-order valence-electron chi connectivity index (χ0n) is 11.4. The average molecular weight is 276 g/mol. The van der Waals surface area contributed by atoms with Crippen LogP contribution in [0.5, 0.6) is 0 Å². The van der Waals surface area contributed by atoms with Gasteiger partial charge in [-0.2, -0.15) is 11.8 Å². The molecule has 102 valence electrons. The number of rotatable bonds is 6. The molecule has 0 aliphatic heterocycles. The molecule has 1 aromatic carbocycles. The van der Waals surface area contributed by atoms with E-state index in [9.17, 15) is 4.79 Å². The van der Waals surface area contributed by atoms with Crippen molar-refractivity contribution in [2.24, 2.45) is 5.92 Å². The van der Waals surface area contributed by atoms with Crippen LogP contribution in [0.1, 0.15) is 12.5 Å². The topological polar surface area (TPSA) is 44.9 Å². The van der Waals surface area contributed by atoms with E-state index in [1.807, 2.05) is 42.2 Å². The lowest BCUT2D eigenvalue weighted by Crippen LogP contribution is -2.30. The number of H-pyrrole nitrogens is 1. The minimum atomic E-state index is 0.0951. The molecule has 0 spiro atoms. The Bertz CT molecular complexity index is 550. The van der Waals surface area contributed by atoms with Crippen molar-refractivity contribution in [2.45, 2.75) is 13.3 Å². The number of carbonyl (C=O) groups is 1. The first kappa shape index (κ1) is 14.0. The second kappa shape index (κ2) is 6.66. The molecule has 2 aromatic rings. The van der Waals surface area contributed by atoms with Gasteiger partial charge >= 0.3 is 0 Å². The van der Waals surface area contributed by atoms with E-state index in [4.69, 9.17) is 0 Å². The van der Waals surface area contributed by atoms with Crippen LogP contribution < -0.4 is 5.32 Å². The largest absolute Gasteiger partial charge is 0.361 e. The Morgan fingerprint density at radius 1 is 1.42 bits per heavy atom. The van der Waals surface area contributed by atoms with Gasteiger partial charge < -0.3 is 10.3 Å². The van der Waals surface area contributed by atoms with Crippen LogP contribution in [0.25, 0.3) is 10.9 Å². The molecule has 0 saturated carbocycles. The van der Waals surface area contributed by atoms with Gasteiger partial charge in [-0.05, 0) is 29.6 Å². The lowest BCUT2D eigenvalue weighted by Gasteiger charge is -2.10. The molecular weight excluding hydrogens is 256 g/mol. The highest BCUT2D eigenvalue weighted by atomic mass is 32.2. The summed E-state index contributed by atoms with van der Waals surface area (Å²) in [5.41, 5.74) is 2.15. The Morgan fingerprint density at radius 3 is 3.00 bits per heavy atom. The van der Waals surface area contributed by atoms with Crippen LogP contribution >= 0.6 is 11.8 Å². The predicted molar refractivity (Wildman–Crippen MR) is 82.6 cm³/mol. The zero-order valence-corrected chi connectivity index (χ0v) is 12.2. The second-order valence-corrected chi connectivity index (χ2v) is 5.81. The van der Waals surface area contributed by atoms with Crippen molar-refractivity contribution in [2.75, 3.05) is 18.6 Å². The molecule has 1 aromatic heterocycles. The molecule has 1 unspecified atom stereocenters. The van der Waals surface area contributed by atoms with E-state index in [2.05, 4.69) is 23.5 Å². The van der Waals surface area contributed by atoms with Gasteiger partial charge in [0.15, 0.2) is 0 Å². The minimum Gasteiger partial charge on any atom is -0.361 e. The Labute approximate surface area is 118 Å². The fourth-order valence-electron chi connectivity index (χ4n) is 2.14. The molecule has 0 aliphatic rings. The number of hydrogen-bond acceptors (Lipinski definition) is 2. The lowest BCUT2D eigenvalue weighted by molar-refractivity contribution is -0.120. The summed E-state index contributed by atoms with van der Waals surface area (Å²) in [7, 11) is 0. The van der Waals surface area contributed by atoms with Crippen LogP contribution in [0.15, 0.2) is 30.5 Å². The van der Waals surface area contributed by atoms with Gasteiger partial charge in [0, 0.05) is 23.6 Å². The molecule has 2 N–H and O–H groups in total. The van der Waals surface area contributed by atoms with Crippen molar-refractivity contribution in [1.82, 2.24) is 10.3 Å². The van der Waals surface area contributed by atoms with Gasteiger partial charge in [-0.1, -0.05) is 25.1 Å². The Kier molecular flexibility index (Phi) is 4.91. The monoisotopic (exact) mass is 276 g/mol. The highest BCUT2D eigenvalue weighted by Gasteiger charge is 2.09. The first-order valence-electron chi connectivity index (χ1n) is 6.51. The fourth-order valence-corrected chi connectivity index (χ4v) is 2.83. The first-order valence-corrected chi connectivity index (χ1v) is 7.90. The van der Waals surface area contributed by atoms with Crippen LogP contribution in [-0.4, -0.2) is 29.4 Å². The van der Waals surface area contributed by atoms with Crippen molar-refractivity contribution in [3.63, 3.8) is 0 Å². The molecule has 0 radical (unpaired) electrons. The summed E-state index contributed by atoms with van der Waals surface area (Å²) in [5.74, 6) is 1.69. The molecule has 0 fully saturated rings. The van der Waals surface area contributed by atoms with E-state index in [0.29, 0.717) is 12.3 Å². The van der Waals surface area contributed by atoms with Gasteiger partial charge in [-0.15, -0.1) is 0 Å². The van der Waals surface area contributed by atoms with E-state index in [1.165, 1.54) is 0 Å². The van der Waals surface area contributed by atoms with Crippen LogP contribution in [0.4, 0.5) is 0 Å². The third-order valence-corrected chi connectivity index (χ3v) is 4.03. The van der Waals surface area contributed by atoms with Gasteiger partial charge in [0.05, 0.1) is 6.42 Å². The molecular formula is C15H20N2OS. The fraction of sp³-hybridized carbons (Fsp3) is 0.400. The summed E-state index contributed by atoms with van der Waals surface area (Å²) in [6.45, 7) is 2.91. The van der Waals surface area contributed by atoms with E-state index < -0.39 is 0 Å². The Balaban J connectivity index is 1.92. The van der Waals surface area contributed by atoms with Gasteiger partial charge in [0.2, 0.25) is 5.91 Å². The summed E-state index contributed by atoms with van der Waals surface area (Å²) in [6.07, 6.45) is 4.45. The summed E-state index contributed by atoms with van der Waals surface area (Å²) < 4.78 is 0. The number of thioether (sulfide) groups is 1. The number of benzene rings is 1. The minimum absolute atomic E-state index is 0.0951. The number of amides is 1. The number of nitrogens with one attached hydrogen (secondary N) is 2. The SMILES string of the molecule is CSCC(C)CNC(=O)Cc1c[nH]c2ccccc12. The van der Waals surface area contributed by atoms with Crippen LogP contribution in [0.3, 0.4) is 0 Å². The molecule has 0 aliphatic carbocycles. The van der Waals surface area contributed by atoms with Gasteiger partial charge in [-0.25, -0.2) is 0 Å². The third-order valence-electron chi connectivity index (χ3n) is 3.12. The smallest absolute Gasteiger partial charge is 0.224 e. The molecule has 4 heteroatoms. The number of fused-ring (bicyclic) bond motifs is 1. The maximum atomic E-state index is 11.9. The Hall–Kier alpha value is -1.42. The van der Waals surface area contributed by atoms with Gasteiger partial charge in [-0.3, -0.25) is 4.79 Å². The van der Waals surface area contributed by atoms with Crippen molar-refractivity contribution >= 4 is 28.6 Å². The summed E-state index contributed by atoms with van der Waals surface area (Å²) >= 11 is 1.81. The summed E-state index contributed by atoms with van der Waals surface area (Å²) in [4.78, 5) is 15.1. The second-order valence-electron chi connectivity index (χ2n) is 4.90. The van der Waals surface area contributed by atoms with Crippen molar-refractivity contribution < 1.29 is 4.79 Å². The maximum Gasteiger partial charge on any atom is 0.224 e. The van der Waals surface area contributed by atoms with Crippen LogP contribution in [0.2, 0.25) is 0 Å². The molecule has 19 heavy (non-hydrogen) atoms. The predicted octanol–water partition coefficient (Wildman–Crippen LogP) is 2.83. The van der Waals surface area contributed by atoms with E-state index in [-0.39, 0.29) is 5.91 Å². The van der Waals surface area contributed by atoms with Crippen molar-refractivity contribution in [1.29, 1.82) is 0 Å². The highest BCUT2D eigenvalue weighted by Crippen LogP contribution is 2.17. The number of carbonyl (C=O) groups excluding carboxylic acids is 1. The average Bonchev–Trinajstić information content (AvgIpc) is 2.80. The van der Waals surface area contributed by atoms with Gasteiger partial charge in [0.25, 0.3) is 0 Å². The summed E-state index contributed by atoms with van der Waals surface area (Å²) in [6, 6.07) is 8.06. The maximum absolute atomic E-state index is 11.9. The van der Waals surface area contributed by atoms with Gasteiger partial charge in [0.1, 0.15) is 0 Å². The quantitative estimate of drug-likeness (QED) is 0.852. The lowest BCUT2D eigenvalue weighted by atomic mass is 10.1.